The van der Waals surface area contributed by atoms with Gasteiger partial charge in [0.05, 0.1) is 5.56 Å². The van der Waals surface area contributed by atoms with Gasteiger partial charge in [0.25, 0.3) is 0 Å². The lowest BCUT2D eigenvalue weighted by Gasteiger charge is -2.10. The summed E-state index contributed by atoms with van der Waals surface area (Å²) in [5, 5.41) is 0.606. The number of aryl methyl sites for hydroxylation is 1. The first kappa shape index (κ1) is 12.6. The maximum absolute atomic E-state index is 13.0. The fourth-order valence-electron chi connectivity index (χ4n) is 1.55. The lowest BCUT2D eigenvalue weighted by atomic mass is 10.2. The van der Waals surface area contributed by atoms with Crippen molar-refractivity contribution in [2.75, 3.05) is 0 Å². The van der Waals surface area contributed by atoms with Gasteiger partial charge in [0.2, 0.25) is 0 Å². The lowest BCUT2D eigenvalue weighted by Crippen LogP contribution is -1.93. The molecular formula is C14H10ClFO2. The molecule has 0 fully saturated rings. The highest BCUT2D eigenvalue weighted by atomic mass is 35.5. The Hall–Kier alpha value is -1.87. The molecule has 0 amide bonds. The largest absolute Gasteiger partial charge is 0.456 e. The topological polar surface area (TPSA) is 26.3 Å². The summed E-state index contributed by atoms with van der Waals surface area (Å²) in [4.78, 5) is 10.8. The van der Waals surface area contributed by atoms with E-state index in [1.165, 1.54) is 12.1 Å². The van der Waals surface area contributed by atoms with E-state index in [2.05, 4.69) is 0 Å². The molecule has 0 aliphatic carbocycles. The highest BCUT2D eigenvalue weighted by molar-refractivity contribution is 6.30. The summed E-state index contributed by atoms with van der Waals surface area (Å²) in [6.45, 7) is 1.84. The number of carbonyl (C=O) groups is 1. The number of hydrogen-bond acceptors (Lipinski definition) is 2. The third-order valence-corrected chi connectivity index (χ3v) is 2.69. The zero-order valence-corrected chi connectivity index (χ0v) is 10.4. The fourth-order valence-corrected chi connectivity index (χ4v) is 1.78. The van der Waals surface area contributed by atoms with Crippen LogP contribution < -0.4 is 4.74 Å². The minimum Gasteiger partial charge on any atom is -0.456 e. The molecule has 0 aliphatic heterocycles. The van der Waals surface area contributed by atoms with E-state index in [0.29, 0.717) is 22.8 Å². The lowest BCUT2D eigenvalue weighted by molar-refractivity contribution is 0.112. The van der Waals surface area contributed by atoms with Crippen LogP contribution >= 0.6 is 11.6 Å². The molecular weight excluding hydrogens is 255 g/mol. The van der Waals surface area contributed by atoms with Crippen molar-refractivity contribution in [1.29, 1.82) is 0 Å². The molecule has 0 N–H and O–H groups in total. The molecule has 0 atom stereocenters. The van der Waals surface area contributed by atoms with Gasteiger partial charge in [-0.25, -0.2) is 4.39 Å². The van der Waals surface area contributed by atoms with Crippen molar-refractivity contribution in [3.8, 4) is 11.5 Å². The number of hydrogen-bond donors (Lipinski definition) is 0. The SMILES string of the molecule is Cc1cc(Cl)ccc1Oc1ccc(F)cc1C=O. The third kappa shape index (κ3) is 2.68. The Morgan fingerprint density at radius 1 is 1.17 bits per heavy atom. The van der Waals surface area contributed by atoms with Crippen LogP contribution in [0.2, 0.25) is 5.02 Å². The van der Waals surface area contributed by atoms with Crippen molar-refractivity contribution in [3.05, 3.63) is 58.4 Å². The van der Waals surface area contributed by atoms with E-state index in [1.807, 2.05) is 6.92 Å². The molecule has 2 rings (SSSR count). The maximum Gasteiger partial charge on any atom is 0.153 e. The van der Waals surface area contributed by atoms with Gasteiger partial charge in [-0.3, -0.25) is 4.79 Å². The van der Waals surface area contributed by atoms with Crippen LogP contribution in [0.3, 0.4) is 0 Å². The van der Waals surface area contributed by atoms with Gasteiger partial charge in [-0.1, -0.05) is 11.6 Å². The zero-order valence-electron chi connectivity index (χ0n) is 9.61. The summed E-state index contributed by atoms with van der Waals surface area (Å²) in [6.07, 6.45) is 0.559. The van der Waals surface area contributed by atoms with Crippen LogP contribution in [0.5, 0.6) is 11.5 Å². The van der Waals surface area contributed by atoms with Crippen molar-refractivity contribution in [2.24, 2.45) is 0 Å². The van der Waals surface area contributed by atoms with Crippen molar-refractivity contribution in [2.45, 2.75) is 6.92 Å². The van der Waals surface area contributed by atoms with Gasteiger partial charge in [-0.05, 0) is 48.9 Å². The average Bonchev–Trinajstić information content (AvgIpc) is 2.34. The second-order valence-corrected chi connectivity index (χ2v) is 4.25. The highest BCUT2D eigenvalue weighted by Gasteiger charge is 2.08. The van der Waals surface area contributed by atoms with Crippen LogP contribution in [0.4, 0.5) is 4.39 Å². The van der Waals surface area contributed by atoms with Crippen LogP contribution in [-0.4, -0.2) is 6.29 Å². The number of carbonyl (C=O) groups excluding carboxylic acids is 1. The van der Waals surface area contributed by atoms with Crippen LogP contribution in [0, 0.1) is 12.7 Å². The first-order valence-electron chi connectivity index (χ1n) is 5.29. The summed E-state index contributed by atoms with van der Waals surface area (Å²) in [5.74, 6) is 0.420. The second kappa shape index (κ2) is 5.19. The minimum atomic E-state index is -0.475. The molecule has 0 bridgehead atoms. The summed E-state index contributed by atoms with van der Waals surface area (Å²) < 4.78 is 18.6. The minimum absolute atomic E-state index is 0.171. The van der Waals surface area contributed by atoms with Crippen molar-refractivity contribution in [1.82, 2.24) is 0 Å². The van der Waals surface area contributed by atoms with Crippen LogP contribution in [0.1, 0.15) is 15.9 Å². The van der Waals surface area contributed by atoms with Gasteiger partial charge >= 0.3 is 0 Å². The zero-order chi connectivity index (χ0) is 13.1. The fraction of sp³-hybridized carbons (Fsp3) is 0.0714. The van der Waals surface area contributed by atoms with Gasteiger partial charge in [-0.2, -0.15) is 0 Å². The number of benzene rings is 2. The summed E-state index contributed by atoms with van der Waals surface area (Å²) in [5.41, 5.74) is 1.01. The molecule has 92 valence electrons. The Balaban J connectivity index is 2.36. The Morgan fingerprint density at radius 3 is 2.56 bits per heavy atom. The van der Waals surface area contributed by atoms with Gasteiger partial charge in [0.1, 0.15) is 17.3 Å². The van der Waals surface area contributed by atoms with Gasteiger partial charge < -0.3 is 4.74 Å². The summed E-state index contributed by atoms with van der Waals surface area (Å²) in [6, 6.07) is 8.94. The molecule has 2 aromatic carbocycles. The van der Waals surface area contributed by atoms with Crippen LogP contribution in [0.15, 0.2) is 36.4 Å². The standard InChI is InChI=1S/C14H10ClFO2/c1-9-6-11(15)2-4-13(9)18-14-5-3-12(16)7-10(14)8-17/h2-8H,1H3. The van der Waals surface area contributed by atoms with Crippen LogP contribution in [-0.2, 0) is 0 Å². The van der Waals surface area contributed by atoms with Crippen molar-refractivity contribution in [3.63, 3.8) is 0 Å². The Kier molecular flexibility index (Phi) is 3.63. The molecule has 2 nitrogen and oxygen atoms in total. The Morgan fingerprint density at radius 2 is 1.89 bits per heavy atom. The third-order valence-electron chi connectivity index (χ3n) is 2.46. The molecule has 0 aliphatic rings. The molecule has 4 heteroatoms. The molecule has 18 heavy (non-hydrogen) atoms. The Labute approximate surface area is 109 Å². The molecule has 2 aromatic rings. The summed E-state index contributed by atoms with van der Waals surface area (Å²) in [7, 11) is 0. The first-order chi connectivity index (χ1) is 8.60. The van der Waals surface area contributed by atoms with Gasteiger partial charge in [0, 0.05) is 5.02 Å². The quantitative estimate of drug-likeness (QED) is 0.769. The molecule has 0 saturated heterocycles. The van der Waals surface area contributed by atoms with E-state index in [9.17, 15) is 9.18 Å². The van der Waals surface area contributed by atoms with E-state index < -0.39 is 5.82 Å². The smallest absolute Gasteiger partial charge is 0.153 e. The van der Waals surface area contributed by atoms with E-state index >= 15 is 0 Å². The highest BCUT2D eigenvalue weighted by Crippen LogP contribution is 2.29. The van der Waals surface area contributed by atoms with E-state index in [1.54, 1.807) is 18.2 Å². The predicted octanol–water partition coefficient (Wildman–Crippen LogP) is 4.39. The molecule has 0 radical (unpaired) electrons. The normalized spacial score (nSPS) is 10.2. The predicted molar refractivity (Wildman–Crippen MR) is 68.1 cm³/mol. The van der Waals surface area contributed by atoms with Gasteiger partial charge in [-0.15, -0.1) is 0 Å². The van der Waals surface area contributed by atoms with E-state index in [0.717, 1.165) is 11.6 Å². The van der Waals surface area contributed by atoms with E-state index in [-0.39, 0.29) is 5.56 Å². The number of rotatable bonds is 3. The molecule has 0 heterocycles. The van der Waals surface area contributed by atoms with Crippen LogP contribution in [0.25, 0.3) is 0 Å². The monoisotopic (exact) mass is 264 g/mol. The van der Waals surface area contributed by atoms with Crippen molar-refractivity contribution >= 4 is 17.9 Å². The maximum atomic E-state index is 13.0. The van der Waals surface area contributed by atoms with E-state index in [4.69, 9.17) is 16.3 Å². The molecule has 0 spiro atoms. The molecule has 0 unspecified atom stereocenters. The molecule has 0 aromatic heterocycles. The number of ether oxygens (including phenoxy) is 1. The van der Waals surface area contributed by atoms with Crippen molar-refractivity contribution < 1.29 is 13.9 Å². The first-order valence-corrected chi connectivity index (χ1v) is 5.66. The number of aldehydes is 1. The second-order valence-electron chi connectivity index (χ2n) is 3.81. The molecule has 0 saturated carbocycles. The summed E-state index contributed by atoms with van der Waals surface area (Å²) >= 11 is 5.84. The average molecular weight is 265 g/mol. The Bertz CT molecular complexity index is 596. The number of halogens is 2. The van der Waals surface area contributed by atoms with Gasteiger partial charge in [0.15, 0.2) is 6.29 Å².